The molecule has 2 N–H and O–H groups in total. The summed E-state index contributed by atoms with van der Waals surface area (Å²) in [6.45, 7) is 12.4. The normalized spacial score (nSPS) is 17.8. The van der Waals surface area contributed by atoms with E-state index in [1.807, 2.05) is 52.0 Å². The van der Waals surface area contributed by atoms with Crippen LogP contribution in [0.1, 0.15) is 63.8 Å². The van der Waals surface area contributed by atoms with Crippen molar-refractivity contribution >= 4 is 31.1 Å². The molecule has 1 saturated heterocycles. The third-order valence-electron chi connectivity index (χ3n) is 6.60. The molecule has 0 atom stereocenters. The molecule has 7 nitrogen and oxygen atoms in total. The van der Waals surface area contributed by atoms with Crippen molar-refractivity contribution in [2.24, 2.45) is 0 Å². The number of hydrogen-bond acceptors (Lipinski definition) is 7. The molecule has 1 fully saturated rings. The number of hydrogen-bond donors (Lipinski definition) is 2. The number of aliphatic hydroxyl groups is 1. The zero-order valence-electron chi connectivity index (χ0n) is 20.9. The number of aliphatic hydroxyl groups excluding tert-OH is 1. The van der Waals surface area contributed by atoms with E-state index in [4.69, 9.17) is 23.8 Å². The summed E-state index contributed by atoms with van der Waals surface area (Å²) in [6, 6.07) is 11.5. The first-order valence-electron chi connectivity index (χ1n) is 11.6. The number of benzene rings is 2. The van der Waals surface area contributed by atoms with Gasteiger partial charge in [0.1, 0.15) is 6.61 Å². The predicted octanol–water partition coefficient (Wildman–Crippen LogP) is 2.01. The van der Waals surface area contributed by atoms with E-state index in [2.05, 4.69) is 13.0 Å². The molecule has 2 heterocycles. The fraction of sp³-hybridized carbons (Fsp3) is 0.480. The zero-order valence-corrected chi connectivity index (χ0v) is 20.9. The number of fused-ring (bicyclic) bond motifs is 1. The molecule has 2 aromatic carbocycles. The van der Waals surface area contributed by atoms with E-state index in [1.54, 1.807) is 6.07 Å². The average Bonchev–Trinajstić information content (AvgIpc) is 3.27. The number of rotatable bonds is 5. The summed E-state index contributed by atoms with van der Waals surface area (Å²) in [4.78, 5) is 11.0. The lowest BCUT2D eigenvalue weighted by Crippen LogP contribution is -2.41. The van der Waals surface area contributed by atoms with E-state index in [9.17, 15) is 9.82 Å². The van der Waals surface area contributed by atoms with Gasteiger partial charge in [-0.2, -0.15) is 0 Å². The zero-order chi connectivity index (χ0) is 25.1. The Kier molecular flexibility index (Phi) is 8.26. The van der Waals surface area contributed by atoms with Gasteiger partial charge >= 0.3 is 20.2 Å². The van der Waals surface area contributed by atoms with Gasteiger partial charge in [0.25, 0.3) is 0 Å². The summed E-state index contributed by atoms with van der Waals surface area (Å²) in [7, 11) is -1.20. The van der Waals surface area contributed by atoms with Gasteiger partial charge in [-0.05, 0) is 67.3 Å². The summed E-state index contributed by atoms with van der Waals surface area (Å²) < 4.78 is 22.4. The molecular weight excluding hydrogens is 434 g/mol. The Bertz CT molecular complexity index is 1010. The van der Waals surface area contributed by atoms with Crippen LogP contribution in [0.15, 0.2) is 36.4 Å². The smallest absolute Gasteiger partial charge is 0.461 e. The highest BCUT2D eigenvalue weighted by Crippen LogP contribution is 2.36. The van der Waals surface area contributed by atoms with Crippen molar-refractivity contribution in [3.05, 3.63) is 58.7 Å². The summed E-state index contributed by atoms with van der Waals surface area (Å²) in [5.41, 5.74) is 5.00. The lowest BCUT2D eigenvalue weighted by molar-refractivity contribution is -0.142. The minimum Gasteiger partial charge on any atom is -0.461 e. The number of aryl methyl sites for hydroxylation is 1. The van der Waals surface area contributed by atoms with Crippen LogP contribution in [0.5, 0.6) is 0 Å². The quantitative estimate of drug-likeness (QED) is 0.513. The molecule has 2 aliphatic rings. The van der Waals surface area contributed by atoms with Crippen molar-refractivity contribution in [2.75, 3.05) is 0 Å². The monoisotopic (exact) mass is 468 g/mol. The van der Waals surface area contributed by atoms with Crippen LogP contribution in [-0.2, 0) is 49.7 Å². The highest BCUT2D eigenvalue weighted by molar-refractivity contribution is 6.62. The van der Waals surface area contributed by atoms with Crippen molar-refractivity contribution in [3.8, 4) is 0 Å². The Hall–Kier alpha value is -2.16. The van der Waals surface area contributed by atoms with Crippen LogP contribution in [-0.4, -0.2) is 41.5 Å². The molecule has 0 aliphatic carbocycles. The van der Waals surface area contributed by atoms with Gasteiger partial charge in [-0.3, -0.25) is 4.79 Å². The van der Waals surface area contributed by atoms with E-state index >= 15 is 0 Å². The first kappa shape index (κ1) is 26.4. The first-order valence-corrected chi connectivity index (χ1v) is 11.6. The Morgan fingerprint density at radius 1 is 1.03 bits per heavy atom. The van der Waals surface area contributed by atoms with E-state index < -0.39 is 14.2 Å². The Morgan fingerprint density at radius 3 is 2.24 bits per heavy atom. The van der Waals surface area contributed by atoms with Crippen LogP contribution >= 0.6 is 0 Å². The van der Waals surface area contributed by atoms with Gasteiger partial charge in [0.15, 0.2) is 0 Å². The second-order valence-electron chi connectivity index (χ2n) is 9.61. The van der Waals surface area contributed by atoms with Crippen LogP contribution in [0.25, 0.3) is 0 Å². The molecule has 34 heavy (non-hydrogen) atoms. The Labute approximate surface area is 202 Å². The molecular formula is C25H34B2O7. The van der Waals surface area contributed by atoms with Gasteiger partial charge in [0.05, 0.1) is 24.4 Å². The molecule has 9 heteroatoms. The maximum absolute atomic E-state index is 11.0. The third-order valence-corrected chi connectivity index (χ3v) is 6.60. The van der Waals surface area contributed by atoms with E-state index in [0.29, 0.717) is 6.61 Å². The minimum atomic E-state index is -0.813. The summed E-state index contributed by atoms with van der Waals surface area (Å²) in [6.07, 6.45) is 0.896. The molecule has 0 aromatic heterocycles. The van der Waals surface area contributed by atoms with Crippen molar-refractivity contribution in [1.29, 1.82) is 0 Å². The van der Waals surface area contributed by atoms with Gasteiger partial charge in [-0.1, -0.05) is 43.3 Å². The molecule has 4 rings (SSSR count). The van der Waals surface area contributed by atoms with Crippen LogP contribution in [0.2, 0.25) is 0 Å². The van der Waals surface area contributed by atoms with E-state index in [-0.39, 0.29) is 30.4 Å². The minimum absolute atomic E-state index is 0.000000000000000222. The number of ether oxygens (including phenoxy) is 1. The second-order valence-corrected chi connectivity index (χ2v) is 9.61. The number of esters is 1. The topological polar surface area (TPSA) is 94.5 Å². The fourth-order valence-electron chi connectivity index (χ4n) is 3.79. The average molecular weight is 468 g/mol. The second kappa shape index (κ2) is 10.6. The third kappa shape index (κ3) is 5.90. The largest absolute Gasteiger partial charge is 0.495 e. The lowest BCUT2D eigenvalue weighted by Gasteiger charge is -2.32. The molecule has 0 radical (unpaired) electrons. The van der Waals surface area contributed by atoms with Crippen molar-refractivity contribution in [3.63, 3.8) is 0 Å². The van der Waals surface area contributed by atoms with Crippen LogP contribution < -0.4 is 10.9 Å². The lowest BCUT2D eigenvalue weighted by atomic mass is 9.74. The molecule has 2 aliphatic heterocycles. The Morgan fingerprint density at radius 2 is 1.65 bits per heavy atom. The van der Waals surface area contributed by atoms with Crippen molar-refractivity contribution < 1.29 is 33.6 Å². The van der Waals surface area contributed by atoms with E-state index in [0.717, 1.165) is 34.0 Å². The van der Waals surface area contributed by atoms with Crippen LogP contribution in [0, 0.1) is 0 Å². The summed E-state index contributed by atoms with van der Waals surface area (Å²) in [5, 5.41) is 18.1. The Balaban J connectivity index is 0.000000226. The number of carbonyl (C=O) groups is 1. The van der Waals surface area contributed by atoms with Crippen LogP contribution in [0.3, 0.4) is 0 Å². The predicted molar refractivity (Wildman–Crippen MR) is 132 cm³/mol. The maximum atomic E-state index is 11.0. The molecule has 0 spiro atoms. The molecule has 182 valence electrons. The van der Waals surface area contributed by atoms with Crippen molar-refractivity contribution in [1.82, 2.24) is 0 Å². The first-order chi connectivity index (χ1) is 16.0. The fourth-order valence-corrected chi connectivity index (χ4v) is 3.79. The summed E-state index contributed by atoms with van der Waals surface area (Å²) >= 11 is 0. The standard InChI is InChI=1S/C17H25BO4.C8H9BO3/c1-7-14-9-8-13(11-20-12(2)19)10-15(14)18-21-16(3,4)17(5,6)22-18;10-4-6-1-2-7-5-12-9(11)8(7)3-6/h8-10H,7,11H2,1-6H3;1-3,10-11H,4-5H2. The van der Waals surface area contributed by atoms with Gasteiger partial charge < -0.3 is 28.8 Å². The van der Waals surface area contributed by atoms with Crippen molar-refractivity contribution in [2.45, 2.75) is 79.0 Å². The molecule has 0 unspecified atom stereocenters. The highest BCUT2D eigenvalue weighted by Gasteiger charge is 2.52. The molecule has 0 bridgehead atoms. The van der Waals surface area contributed by atoms with Crippen LogP contribution in [0.4, 0.5) is 0 Å². The van der Waals surface area contributed by atoms with E-state index in [1.165, 1.54) is 12.5 Å². The highest BCUT2D eigenvalue weighted by atomic mass is 16.7. The number of carbonyl (C=O) groups excluding carboxylic acids is 1. The SMILES string of the molecule is CCc1ccc(COC(C)=O)cc1B1OC(C)(C)C(C)(C)O1.OCc1ccc2c(c1)B(O)OC2. The maximum Gasteiger partial charge on any atom is 0.495 e. The van der Waals surface area contributed by atoms with Gasteiger partial charge in [0, 0.05) is 6.92 Å². The molecule has 0 amide bonds. The molecule has 2 aromatic rings. The summed E-state index contributed by atoms with van der Waals surface area (Å²) in [5.74, 6) is -0.281. The van der Waals surface area contributed by atoms with Gasteiger partial charge in [-0.25, -0.2) is 0 Å². The molecule has 0 saturated carbocycles. The van der Waals surface area contributed by atoms with Gasteiger partial charge in [-0.15, -0.1) is 0 Å². The van der Waals surface area contributed by atoms with Gasteiger partial charge in [0.2, 0.25) is 0 Å².